The van der Waals surface area contributed by atoms with Crippen LogP contribution < -0.4 is 5.32 Å². The van der Waals surface area contributed by atoms with Crippen LogP contribution in [0, 0.1) is 17.7 Å². The lowest BCUT2D eigenvalue weighted by molar-refractivity contribution is -0.133. The molecule has 3 aliphatic rings. The second-order valence-electron chi connectivity index (χ2n) is 12.4. The molecule has 3 fully saturated rings. The average Bonchev–Trinajstić information content (AvgIpc) is 3.75. The molecular weight excluding hydrogens is 521 g/mol. The van der Waals surface area contributed by atoms with Gasteiger partial charge in [0.05, 0.1) is 29.0 Å². The summed E-state index contributed by atoms with van der Waals surface area (Å²) in [5.41, 5.74) is 1.90. The molecule has 4 heterocycles. The molecule has 0 unspecified atom stereocenters. The third-order valence-corrected chi connectivity index (χ3v) is 9.17. The highest BCUT2D eigenvalue weighted by molar-refractivity contribution is 6.10. The largest absolute Gasteiger partial charge is 0.341 e. The number of halogens is 1. The van der Waals surface area contributed by atoms with Crippen LogP contribution in [0.25, 0.3) is 16.6 Å². The Hall–Kier alpha value is -3.59. The van der Waals surface area contributed by atoms with E-state index in [1.165, 1.54) is 12.1 Å². The standard InChI is InChI=1S/C32H38FN5O3/c1-18(2)38(19(3)4)31(40)25-14-22(33)6-8-27(25)37-17-26(24-9-11-34-15-28(24)37)30(39)21-10-12-36(16-21)32(41)29-20-5-7-23(13-20)35-29/h6,8-9,11,14-15,17-21,23,29,35H,5,7,10,12-13,16H2,1-4H3/t20-,21+,23+,29-/m0/s1. The summed E-state index contributed by atoms with van der Waals surface area (Å²) in [6, 6.07) is 6.14. The number of nitrogens with zero attached hydrogens (tertiary/aromatic N) is 4. The van der Waals surface area contributed by atoms with Crippen molar-refractivity contribution < 1.29 is 18.8 Å². The molecule has 1 N–H and O–H groups in total. The number of ketones is 1. The molecule has 0 radical (unpaired) electrons. The molecule has 0 spiro atoms. The van der Waals surface area contributed by atoms with Crippen molar-refractivity contribution in [3.05, 3.63) is 59.8 Å². The first-order valence-electron chi connectivity index (χ1n) is 14.8. The summed E-state index contributed by atoms with van der Waals surface area (Å²) in [5.74, 6) is -0.594. The number of nitrogens with one attached hydrogen (secondary N) is 1. The normalized spacial score (nSPS) is 23.7. The molecule has 6 rings (SSSR count). The van der Waals surface area contributed by atoms with Crippen molar-refractivity contribution in [2.45, 2.75) is 77.5 Å². The van der Waals surface area contributed by atoms with Crippen LogP contribution >= 0.6 is 0 Å². The maximum absolute atomic E-state index is 14.5. The number of fused-ring (bicyclic) bond motifs is 3. The topological polar surface area (TPSA) is 87.5 Å². The molecule has 2 amide bonds. The van der Waals surface area contributed by atoms with Gasteiger partial charge in [-0.3, -0.25) is 19.4 Å². The van der Waals surface area contributed by atoms with Gasteiger partial charge in [-0.05, 0) is 83.6 Å². The fourth-order valence-corrected chi connectivity index (χ4v) is 7.29. The molecule has 8 nitrogen and oxygen atoms in total. The van der Waals surface area contributed by atoms with E-state index in [9.17, 15) is 18.8 Å². The lowest BCUT2D eigenvalue weighted by Crippen LogP contribution is -2.48. The fourth-order valence-electron chi connectivity index (χ4n) is 7.29. The summed E-state index contributed by atoms with van der Waals surface area (Å²) in [5, 5.41) is 4.20. The number of carbonyl (C=O) groups is 3. The van der Waals surface area contributed by atoms with Crippen molar-refractivity contribution in [2.24, 2.45) is 11.8 Å². The minimum Gasteiger partial charge on any atom is -0.341 e. The SMILES string of the molecule is CC(C)N(C(=O)c1cc(F)ccc1-n1cc(C(=O)[C@@H]2CCN(C(=O)[C@H]3N[C@@H]4CC[C@H]3C4)C2)c2ccncc21)C(C)C. The summed E-state index contributed by atoms with van der Waals surface area (Å²) in [7, 11) is 0. The fraction of sp³-hybridized carbons (Fsp3) is 0.500. The molecule has 2 aromatic heterocycles. The number of likely N-dealkylation sites (tertiary alicyclic amines) is 1. The van der Waals surface area contributed by atoms with Gasteiger partial charge in [-0.2, -0.15) is 0 Å². The highest BCUT2D eigenvalue weighted by Gasteiger charge is 2.45. The van der Waals surface area contributed by atoms with E-state index in [1.807, 2.05) is 32.6 Å². The summed E-state index contributed by atoms with van der Waals surface area (Å²) < 4.78 is 16.3. The van der Waals surface area contributed by atoms with Gasteiger partial charge >= 0.3 is 0 Å². The molecule has 1 aliphatic carbocycles. The van der Waals surface area contributed by atoms with E-state index in [1.54, 1.807) is 40.2 Å². The second-order valence-corrected chi connectivity index (χ2v) is 12.4. The van der Waals surface area contributed by atoms with Gasteiger partial charge in [-0.25, -0.2) is 4.39 Å². The molecule has 1 aromatic carbocycles. The first-order chi connectivity index (χ1) is 19.6. The van der Waals surface area contributed by atoms with Crippen molar-refractivity contribution in [2.75, 3.05) is 13.1 Å². The molecule has 1 saturated carbocycles. The molecule has 2 saturated heterocycles. The zero-order valence-electron chi connectivity index (χ0n) is 24.1. The highest BCUT2D eigenvalue weighted by atomic mass is 19.1. The molecule has 41 heavy (non-hydrogen) atoms. The Labute approximate surface area is 239 Å². The van der Waals surface area contributed by atoms with Gasteiger partial charge < -0.3 is 19.7 Å². The smallest absolute Gasteiger partial charge is 0.256 e. The Morgan fingerprint density at radius 1 is 1.05 bits per heavy atom. The monoisotopic (exact) mass is 559 g/mol. The molecule has 2 aliphatic heterocycles. The Kier molecular flexibility index (Phi) is 7.18. The summed E-state index contributed by atoms with van der Waals surface area (Å²) >= 11 is 0. The number of hydrogen-bond acceptors (Lipinski definition) is 5. The number of piperidine rings is 1. The van der Waals surface area contributed by atoms with Crippen molar-refractivity contribution in [3.63, 3.8) is 0 Å². The Morgan fingerprint density at radius 2 is 1.83 bits per heavy atom. The first-order valence-corrected chi connectivity index (χ1v) is 14.8. The summed E-state index contributed by atoms with van der Waals surface area (Å²) in [6.07, 6.45) is 8.97. The van der Waals surface area contributed by atoms with Crippen LogP contribution in [0.15, 0.2) is 42.9 Å². The van der Waals surface area contributed by atoms with E-state index < -0.39 is 5.82 Å². The van der Waals surface area contributed by atoms with Crippen LogP contribution in [0.1, 0.15) is 74.1 Å². The number of rotatable bonds is 7. The number of aromatic nitrogens is 2. The van der Waals surface area contributed by atoms with Gasteiger partial charge in [0, 0.05) is 60.5 Å². The van der Waals surface area contributed by atoms with Crippen molar-refractivity contribution in [1.29, 1.82) is 0 Å². The van der Waals surface area contributed by atoms with Crippen LogP contribution in [0.4, 0.5) is 4.39 Å². The Morgan fingerprint density at radius 3 is 2.51 bits per heavy atom. The summed E-state index contributed by atoms with van der Waals surface area (Å²) in [6.45, 7) is 8.72. The predicted octanol–water partition coefficient (Wildman–Crippen LogP) is 4.60. The minimum absolute atomic E-state index is 0.0304. The van der Waals surface area contributed by atoms with Gasteiger partial charge in [0.2, 0.25) is 5.91 Å². The molecule has 4 atom stereocenters. The maximum Gasteiger partial charge on any atom is 0.256 e. The maximum atomic E-state index is 14.5. The zero-order chi connectivity index (χ0) is 29.0. The molecule has 9 heteroatoms. The second kappa shape index (κ2) is 10.7. The van der Waals surface area contributed by atoms with Crippen molar-refractivity contribution in [3.8, 4) is 5.69 Å². The quantitative estimate of drug-likeness (QED) is 0.428. The van der Waals surface area contributed by atoms with Crippen LogP contribution in [0.5, 0.6) is 0 Å². The van der Waals surface area contributed by atoms with Gasteiger partial charge in [-0.15, -0.1) is 0 Å². The first kappa shape index (κ1) is 27.6. The average molecular weight is 560 g/mol. The van der Waals surface area contributed by atoms with Crippen molar-refractivity contribution >= 4 is 28.5 Å². The number of amides is 2. The predicted molar refractivity (Wildman–Crippen MR) is 155 cm³/mol. The number of Topliss-reactive ketones (excluding diaryl/α,β-unsaturated/α-hetero) is 1. The van der Waals surface area contributed by atoms with E-state index >= 15 is 0 Å². The van der Waals surface area contributed by atoms with Gasteiger partial charge in [0.15, 0.2) is 5.78 Å². The van der Waals surface area contributed by atoms with Crippen LogP contribution in [0.2, 0.25) is 0 Å². The molecular formula is C32H38FN5O3. The van der Waals surface area contributed by atoms with E-state index in [4.69, 9.17) is 0 Å². The minimum atomic E-state index is -0.504. The summed E-state index contributed by atoms with van der Waals surface area (Å²) in [4.78, 5) is 48.9. The highest BCUT2D eigenvalue weighted by Crippen LogP contribution is 2.37. The Balaban J connectivity index is 1.32. The molecule has 216 valence electrons. The van der Waals surface area contributed by atoms with Crippen LogP contribution in [-0.2, 0) is 4.79 Å². The zero-order valence-corrected chi connectivity index (χ0v) is 24.1. The Bertz CT molecular complexity index is 1510. The van der Waals surface area contributed by atoms with Gasteiger partial charge in [0.25, 0.3) is 5.91 Å². The molecule has 3 aromatic rings. The van der Waals surface area contributed by atoms with E-state index in [2.05, 4.69) is 10.3 Å². The van der Waals surface area contributed by atoms with E-state index in [-0.39, 0.29) is 47.2 Å². The lowest BCUT2D eigenvalue weighted by Gasteiger charge is -2.31. The third-order valence-electron chi connectivity index (χ3n) is 9.17. The van der Waals surface area contributed by atoms with Crippen LogP contribution in [0.3, 0.4) is 0 Å². The third kappa shape index (κ3) is 4.84. The van der Waals surface area contributed by atoms with E-state index in [0.717, 1.165) is 24.6 Å². The van der Waals surface area contributed by atoms with Crippen LogP contribution in [-0.4, -0.2) is 74.2 Å². The van der Waals surface area contributed by atoms with Crippen molar-refractivity contribution in [1.82, 2.24) is 24.7 Å². The number of pyridine rings is 1. The van der Waals surface area contributed by atoms with Gasteiger partial charge in [0.1, 0.15) is 5.82 Å². The number of hydrogen-bond donors (Lipinski definition) is 1. The lowest BCUT2D eigenvalue weighted by atomic mass is 9.96. The number of carbonyl (C=O) groups excluding carboxylic acids is 3. The van der Waals surface area contributed by atoms with E-state index in [0.29, 0.717) is 48.2 Å². The van der Waals surface area contributed by atoms with Gasteiger partial charge in [-0.1, -0.05) is 0 Å². The molecule has 2 bridgehead atoms. The number of benzene rings is 1.